The van der Waals surface area contributed by atoms with E-state index >= 15 is 0 Å². The zero-order valence-electron chi connectivity index (χ0n) is 13.6. The third kappa shape index (κ3) is 3.65. The second-order valence-electron chi connectivity index (χ2n) is 6.42. The van der Waals surface area contributed by atoms with Crippen LogP contribution in [0.15, 0.2) is 5.11 Å². The molecule has 2 fully saturated rings. The van der Waals surface area contributed by atoms with Gasteiger partial charge in [-0.2, -0.15) is 0 Å². The number of hydrogen-bond acceptors (Lipinski definition) is 6. The van der Waals surface area contributed by atoms with Crippen LogP contribution in [-0.2, 0) is 24.0 Å². The molecule has 0 radical (unpaired) electrons. The van der Waals surface area contributed by atoms with Gasteiger partial charge < -0.3 is 9.74 Å². The Balaban J connectivity index is 2.08. The Morgan fingerprint density at radius 1 is 1.25 bits per heavy atom. The molecule has 0 aromatic heterocycles. The molecule has 1 unspecified atom stereocenters. The summed E-state index contributed by atoms with van der Waals surface area (Å²) in [6.07, 6.45) is 0.263. The largest absolute Gasteiger partial charge is 0.338 e. The lowest BCUT2D eigenvalue weighted by atomic mass is 9.88. The van der Waals surface area contributed by atoms with E-state index < -0.39 is 29.4 Å². The molecule has 0 spiro atoms. The van der Waals surface area contributed by atoms with Gasteiger partial charge in [0, 0.05) is 30.7 Å². The standard InChI is InChI=1S/C14H19N5O5/c1-14(2,13(23)24-19-11(21)5-6-12(19)22)8-9(16-17-15)18-7-3-4-10(18)20/h9H,3-8H2,1-2H3. The molecule has 2 aliphatic rings. The van der Waals surface area contributed by atoms with Crippen LogP contribution >= 0.6 is 0 Å². The predicted molar refractivity (Wildman–Crippen MR) is 79.5 cm³/mol. The van der Waals surface area contributed by atoms with Gasteiger partial charge in [0.25, 0.3) is 11.8 Å². The molecule has 1 atom stereocenters. The second kappa shape index (κ2) is 6.88. The molecule has 0 saturated carbocycles. The van der Waals surface area contributed by atoms with Crippen LogP contribution in [-0.4, -0.2) is 46.4 Å². The summed E-state index contributed by atoms with van der Waals surface area (Å²) in [6.45, 7) is 3.54. The minimum atomic E-state index is -1.16. The lowest BCUT2D eigenvalue weighted by Crippen LogP contribution is -2.43. The van der Waals surface area contributed by atoms with Crippen molar-refractivity contribution >= 4 is 23.7 Å². The van der Waals surface area contributed by atoms with Crippen molar-refractivity contribution in [2.75, 3.05) is 6.54 Å². The number of hydrogen-bond donors (Lipinski definition) is 0. The van der Waals surface area contributed by atoms with Gasteiger partial charge in [-0.3, -0.25) is 14.4 Å². The van der Waals surface area contributed by atoms with Crippen LogP contribution in [0.3, 0.4) is 0 Å². The Morgan fingerprint density at radius 3 is 2.38 bits per heavy atom. The van der Waals surface area contributed by atoms with Crippen molar-refractivity contribution in [3.63, 3.8) is 0 Å². The van der Waals surface area contributed by atoms with Gasteiger partial charge in [-0.1, -0.05) is 5.11 Å². The van der Waals surface area contributed by atoms with Crippen molar-refractivity contribution in [1.82, 2.24) is 9.96 Å². The van der Waals surface area contributed by atoms with Crippen LogP contribution in [0.4, 0.5) is 0 Å². The summed E-state index contributed by atoms with van der Waals surface area (Å²) < 4.78 is 0. The average Bonchev–Trinajstić information content (AvgIpc) is 3.07. The van der Waals surface area contributed by atoms with Gasteiger partial charge in [-0.25, -0.2) is 4.79 Å². The summed E-state index contributed by atoms with van der Waals surface area (Å²) in [5, 5.41) is 4.10. The fourth-order valence-corrected chi connectivity index (χ4v) is 2.66. The number of rotatable bonds is 6. The molecule has 0 aromatic carbocycles. The molecule has 2 saturated heterocycles. The number of amides is 3. The van der Waals surface area contributed by atoms with E-state index in [9.17, 15) is 19.2 Å². The van der Waals surface area contributed by atoms with Crippen LogP contribution in [0.2, 0.25) is 0 Å². The topological polar surface area (TPSA) is 133 Å². The maximum Gasteiger partial charge on any atom is 0.338 e. The molecule has 2 heterocycles. The third-order valence-corrected chi connectivity index (χ3v) is 4.08. The van der Waals surface area contributed by atoms with Crippen LogP contribution in [0.1, 0.15) is 46.0 Å². The molecular weight excluding hydrogens is 318 g/mol. The van der Waals surface area contributed by atoms with Crippen LogP contribution in [0.25, 0.3) is 10.4 Å². The first-order valence-corrected chi connectivity index (χ1v) is 7.68. The Hall–Kier alpha value is -2.61. The maximum absolute atomic E-state index is 12.3. The van der Waals surface area contributed by atoms with Crippen LogP contribution in [0, 0.1) is 5.41 Å². The lowest BCUT2D eigenvalue weighted by Gasteiger charge is -2.31. The first kappa shape index (κ1) is 17.7. The number of imide groups is 1. The highest BCUT2D eigenvalue weighted by atomic mass is 16.7. The molecular formula is C14H19N5O5. The highest BCUT2D eigenvalue weighted by Gasteiger charge is 2.41. The number of hydroxylamine groups is 2. The number of carbonyl (C=O) groups excluding carboxylic acids is 4. The Labute approximate surface area is 138 Å². The molecule has 24 heavy (non-hydrogen) atoms. The van der Waals surface area contributed by atoms with Gasteiger partial charge in [0.2, 0.25) is 5.91 Å². The molecule has 0 aromatic rings. The molecule has 2 rings (SSSR count). The predicted octanol–water partition coefficient (Wildman–Crippen LogP) is 1.27. The van der Waals surface area contributed by atoms with E-state index in [-0.39, 0.29) is 25.2 Å². The van der Waals surface area contributed by atoms with Gasteiger partial charge in [0.15, 0.2) is 0 Å². The van der Waals surface area contributed by atoms with Crippen molar-refractivity contribution in [1.29, 1.82) is 0 Å². The van der Waals surface area contributed by atoms with E-state index in [1.54, 1.807) is 13.8 Å². The Bertz CT molecular complexity index is 609. The normalized spacial score (nSPS) is 19.5. The average molecular weight is 337 g/mol. The van der Waals surface area contributed by atoms with Gasteiger partial charge >= 0.3 is 5.97 Å². The van der Waals surface area contributed by atoms with E-state index in [0.717, 1.165) is 0 Å². The number of likely N-dealkylation sites (tertiary alicyclic amines) is 1. The summed E-state index contributed by atoms with van der Waals surface area (Å²) in [5.41, 5.74) is 7.56. The Morgan fingerprint density at radius 2 is 1.88 bits per heavy atom. The Kier molecular flexibility index (Phi) is 5.08. The number of azide groups is 1. The number of carbonyl (C=O) groups is 4. The monoisotopic (exact) mass is 337 g/mol. The minimum absolute atomic E-state index is 0.0101. The van der Waals surface area contributed by atoms with Gasteiger partial charge in [-0.05, 0) is 32.2 Å². The van der Waals surface area contributed by atoms with Gasteiger partial charge in [-0.15, -0.1) is 5.06 Å². The fourth-order valence-electron chi connectivity index (χ4n) is 2.66. The van der Waals surface area contributed by atoms with E-state index in [1.165, 1.54) is 4.90 Å². The van der Waals surface area contributed by atoms with Crippen LogP contribution < -0.4 is 0 Å². The molecule has 130 valence electrons. The molecule has 10 nitrogen and oxygen atoms in total. The van der Waals surface area contributed by atoms with E-state index in [1.807, 2.05) is 0 Å². The fraction of sp³-hybridized carbons (Fsp3) is 0.714. The first-order chi connectivity index (χ1) is 11.3. The SMILES string of the molecule is CC(C)(CC(N=[N+]=[N-])N1CCCC1=O)C(=O)ON1C(=O)CCC1=O. The van der Waals surface area contributed by atoms with E-state index in [2.05, 4.69) is 10.0 Å². The zero-order chi connectivity index (χ0) is 17.9. The van der Waals surface area contributed by atoms with E-state index in [4.69, 9.17) is 10.4 Å². The summed E-state index contributed by atoms with van der Waals surface area (Å²) in [4.78, 5) is 56.4. The van der Waals surface area contributed by atoms with Crippen molar-refractivity contribution in [3.05, 3.63) is 10.4 Å². The summed E-state index contributed by atoms with van der Waals surface area (Å²) in [6, 6.07) is 0. The highest BCUT2D eigenvalue weighted by Crippen LogP contribution is 2.30. The first-order valence-electron chi connectivity index (χ1n) is 7.68. The van der Waals surface area contributed by atoms with Gasteiger partial charge in [0.05, 0.1) is 5.41 Å². The molecule has 0 aliphatic carbocycles. The third-order valence-electron chi connectivity index (χ3n) is 4.08. The molecule has 2 aliphatic heterocycles. The van der Waals surface area contributed by atoms with Crippen molar-refractivity contribution in [3.8, 4) is 0 Å². The van der Waals surface area contributed by atoms with E-state index in [0.29, 0.717) is 24.4 Å². The smallest absolute Gasteiger partial charge is 0.334 e. The molecule has 0 bridgehead atoms. The molecule has 10 heteroatoms. The maximum atomic E-state index is 12.3. The number of nitrogens with zero attached hydrogens (tertiary/aromatic N) is 5. The van der Waals surface area contributed by atoms with Crippen molar-refractivity contribution < 1.29 is 24.0 Å². The second-order valence-corrected chi connectivity index (χ2v) is 6.42. The summed E-state index contributed by atoms with van der Waals surface area (Å²) >= 11 is 0. The van der Waals surface area contributed by atoms with Gasteiger partial charge in [0.1, 0.15) is 6.17 Å². The minimum Gasteiger partial charge on any atom is -0.334 e. The zero-order valence-corrected chi connectivity index (χ0v) is 13.6. The molecule has 3 amide bonds. The van der Waals surface area contributed by atoms with Crippen molar-refractivity contribution in [2.45, 2.75) is 52.1 Å². The lowest BCUT2D eigenvalue weighted by molar-refractivity contribution is -0.204. The quantitative estimate of drug-likeness (QED) is 0.311. The summed E-state index contributed by atoms with van der Waals surface area (Å²) in [5.74, 6) is -2.06. The summed E-state index contributed by atoms with van der Waals surface area (Å²) in [7, 11) is 0. The van der Waals surface area contributed by atoms with Crippen LogP contribution in [0.5, 0.6) is 0 Å². The van der Waals surface area contributed by atoms with Crippen molar-refractivity contribution in [2.24, 2.45) is 10.5 Å². The highest BCUT2D eigenvalue weighted by molar-refractivity contribution is 6.01. The molecule has 0 N–H and O–H groups in total.